The minimum atomic E-state index is 0.748. The Morgan fingerprint density at radius 1 is 1.21 bits per heavy atom. The lowest BCUT2D eigenvalue weighted by atomic mass is 10.2. The summed E-state index contributed by atoms with van der Waals surface area (Å²) < 4.78 is 7.56. The van der Waals surface area contributed by atoms with Gasteiger partial charge in [0.05, 0.1) is 6.61 Å². The van der Waals surface area contributed by atoms with Gasteiger partial charge in [0, 0.05) is 19.7 Å². The van der Waals surface area contributed by atoms with Gasteiger partial charge in [-0.2, -0.15) is 0 Å². The van der Waals surface area contributed by atoms with E-state index in [1.54, 1.807) is 0 Å². The van der Waals surface area contributed by atoms with E-state index in [0.717, 1.165) is 42.5 Å². The third-order valence-electron chi connectivity index (χ3n) is 2.98. The molecule has 0 aliphatic heterocycles. The van der Waals surface area contributed by atoms with E-state index < -0.39 is 0 Å². The Morgan fingerprint density at radius 2 is 1.95 bits per heavy atom. The number of benzene rings is 1. The van der Waals surface area contributed by atoms with Crippen molar-refractivity contribution in [1.82, 2.24) is 14.8 Å². The Hall–Kier alpha value is -2.04. The van der Waals surface area contributed by atoms with Crippen molar-refractivity contribution in [2.24, 2.45) is 7.05 Å². The van der Waals surface area contributed by atoms with Crippen LogP contribution in [0.2, 0.25) is 0 Å². The van der Waals surface area contributed by atoms with Crippen LogP contribution >= 0.6 is 0 Å². The van der Waals surface area contributed by atoms with Crippen LogP contribution in [0.3, 0.4) is 0 Å². The Morgan fingerprint density at radius 3 is 2.53 bits per heavy atom. The summed E-state index contributed by atoms with van der Waals surface area (Å²) in [4.78, 5) is 0. The Labute approximate surface area is 113 Å². The molecule has 0 atom stereocenters. The van der Waals surface area contributed by atoms with Gasteiger partial charge >= 0.3 is 0 Å². The lowest BCUT2D eigenvalue weighted by Crippen LogP contribution is -2.00. The van der Waals surface area contributed by atoms with Gasteiger partial charge in [-0.05, 0) is 30.7 Å². The second kappa shape index (κ2) is 6.22. The highest BCUT2D eigenvalue weighted by molar-refractivity contribution is 5.58. The molecule has 0 spiro atoms. The predicted molar refractivity (Wildman–Crippen MR) is 76.4 cm³/mol. The molecule has 1 aromatic heterocycles. The zero-order valence-corrected chi connectivity index (χ0v) is 11.7. The SMILES string of the molecule is CCCCOc1ccc(-c2nnc(NC)n2C)cc1. The van der Waals surface area contributed by atoms with Gasteiger partial charge in [-0.3, -0.25) is 4.57 Å². The standard InChI is InChI=1S/C14H20N4O/c1-4-5-10-19-12-8-6-11(7-9-12)13-16-17-14(15-2)18(13)3/h6-9H,4-5,10H2,1-3H3,(H,15,17). The van der Waals surface area contributed by atoms with E-state index >= 15 is 0 Å². The lowest BCUT2D eigenvalue weighted by Gasteiger charge is -2.06. The lowest BCUT2D eigenvalue weighted by molar-refractivity contribution is 0.309. The summed E-state index contributed by atoms with van der Waals surface area (Å²) in [7, 11) is 3.77. The van der Waals surface area contributed by atoms with Gasteiger partial charge in [0.15, 0.2) is 5.82 Å². The first-order chi connectivity index (χ1) is 9.26. The van der Waals surface area contributed by atoms with Crippen LogP contribution in [0.15, 0.2) is 24.3 Å². The highest BCUT2D eigenvalue weighted by Gasteiger charge is 2.09. The van der Waals surface area contributed by atoms with Crippen molar-refractivity contribution in [2.75, 3.05) is 19.0 Å². The van der Waals surface area contributed by atoms with E-state index in [1.165, 1.54) is 0 Å². The molecule has 102 valence electrons. The maximum atomic E-state index is 5.64. The highest BCUT2D eigenvalue weighted by Crippen LogP contribution is 2.22. The fourth-order valence-electron chi connectivity index (χ4n) is 1.83. The molecule has 2 rings (SSSR count). The predicted octanol–water partition coefficient (Wildman–Crippen LogP) is 2.70. The molecular weight excluding hydrogens is 240 g/mol. The minimum Gasteiger partial charge on any atom is -0.494 e. The smallest absolute Gasteiger partial charge is 0.224 e. The molecule has 5 heteroatoms. The number of nitrogens with one attached hydrogen (secondary N) is 1. The minimum absolute atomic E-state index is 0.748. The van der Waals surface area contributed by atoms with Gasteiger partial charge < -0.3 is 10.1 Å². The second-order valence-corrected chi connectivity index (χ2v) is 4.38. The number of aromatic nitrogens is 3. The average Bonchev–Trinajstić information content (AvgIpc) is 2.81. The molecule has 0 saturated carbocycles. The fourth-order valence-corrected chi connectivity index (χ4v) is 1.83. The summed E-state index contributed by atoms with van der Waals surface area (Å²) >= 11 is 0. The first-order valence-corrected chi connectivity index (χ1v) is 6.56. The number of hydrogen-bond acceptors (Lipinski definition) is 4. The molecule has 19 heavy (non-hydrogen) atoms. The summed E-state index contributed by atoms with van der Waals surface area (Å²) in [5.74, 6) is 2.48. The summed E-state index contributed by atoms with van der Waals surface area (Å²) in [5, 5.41) is 11.2. The van der Waals surface area contributed by atoms with Gasteiger partial charge in [-0.15, -0.1) is 10.2 Å². The van der Waals surface area contributed by atoms with E-state index in [9.17, 15) is 0 Å². The zero-order chi connectivity index (χ0) is 13.7. The summed E-state index contributed by atoms with van der Waals surface area (Å²) in [6.07, 6.45) is 2.22. The van der Waals surface area contributed by atoms with Crippen molar-refractivity contribution in [3.05, 3.63) is 24.3 Å². The van der Waals surface area contributed by atoms with Crippen LogP contribution in [0.25, 0.3) is 11.4 Å². The molecule has 0 amide bonds. The zero-order valence-electron chi connectivity index (χ0n) is 11.7. The van der Waals surface area contributed by atoms with Gasteiger partial charge in [0.1, 0.15) is 5.75 Å². The third kappa shape index (κ3) is 3.05. The Bertz CT molecular complexity index is 519. The molecule has 2 aromatic rings. The van der Waals surface area contributed by atoms with Crippen molar-refractivity contribution >= 4 is 5.95 Å². The Balaban J connectivity index is 2.11. The van der Waals surface area contributed by atoms with Gasteiger partial charge in [-0.25, -0.2) is 0 Å². The molecule has 1 heterocycles. The van der Waals surface area contributed by atoms with E-state index in [1.807, 2.05) is 42.9 Å². The number of anilines is 1. The van der Waals surface area contributed by atoms with Crippen LogP contribution in [-0.4, -0.2) is 28.4 Å². The van der Waals surface area contributed by atoms with E-state index in [0.29, 0.717) is 0 Å². The summed E-state index contributed by atoms with van der Waals surface area (Å²) in [6.45, 7) is 2.92. The van der Waals surface area contributed by atoms with Crippen molar-refractivity contribution < 1.29 is 4.74 Å². The van der Waals surface area contributed by atoms with Crippen molar-refractivity contribution in [3.63, 3.8) is 0 Å². The third-order valence-corrected chi connectivity index (χ3v) is 2.98. The van der Waals surface area contributed by atoms with Crippen molar-refractivity contribution in [3.8, 4) is 17.1 Å². The molecule has 0 aliphatic rings. The van der Waals surface area contributed by atoms with E-state index in [-0.39, 0.29) is 0 Å². The maximum Gasteiger partial charge on any atom is 0.224 e. The molecule has 0 unspecified atom stereocenters. The largest absolute Gasteiger partial charge is 0.494 e. The van der Waals surface area contributed by atoms with Crippen molar-refractivity contribution in [1.29, 1.82) is 0 Å². The maximum absolute atomic E-state index is 5.64. The van der Waals surface area contributed by atoms with Gasteiger partial charge in [0.2, 0.25) is 5.95 Å². The van der Waals surface area contributed by atoms with Crippen LogP contribution in [0.4, 0.5) is 5.95 Å². The molecule has 0 aliphatic carbocycles. The molecule has 0 fully saturated rings. The average molecular weight is 260 g/mol. The van der Waals surface area contributed by atoms with Crippen LogP contribution in [-0.2, 0) is 7.05 Å². The van der Waals surface area contributed by atoms with Crippen molar-refractivity contribution in [2.45, 2.75) is 19.8 Å². The fraction of sp³-hybridized carbons (Fsp3) is 0.429. The molecule has 0 saturated heterocycles. The highest BCUT2D eigenvalue weighted by atomic mass is 16.5. The van der Waals surface area contributed by atoms with E-state index in [4.69, 9.17) is 4.74 Å². The van der Waals surface area contributed by atoms with Gasteiger partial charge in [-0.1, -0.05) is 13.3 Å². The quantitative estimate of drug-likeness (QED) is 0.811. The summed E-state index contributed by atoms with van der Waals surface area (Å²) in [5.41, 5.74) is 1.03. The first kappa shape index (κ1) is 13.4. The van der Waals surface area contributed by atoms with Gasteiger partial charge in [0.25, 0.3) is 0 Å². The molecule has 0 bridgehead atoms. The van der Waals surface area contributed by atoms with Crippen LogP contribution in [0, 0.1) is 0 Å². The monoisotopic (exact) mass is 260 g/mol. The van der Waals surface area contributed by atoms with Crippen LogP contribution < -0.4 is 10.1 Å². The molecule has 1 N–H and O–H groups in total. The first-order valence-electron chi connectivity index (χ1n) is 6.56. The number of hydrogen-bond donors (Lipinski definition) is 1. The number of unbranched alkanes of at least 4 members (excludes halogenated alkanes) is 1. The molecular formula is C14H20N4O. The number of ether oxygens (including phenoxy) is 1. The normalized spacial score (nSPS) is 10.5. The van der Waals surface area contributed by atoms with E-state index in [2.05, 4.69) is 22.4 Å². The molecule has 5 nitrogen and oxygen atoms in total. The second-order valence-electron chi connectivity index (χ2n) is 4.38. The number of nitrogens with zero attached hydrogens (tertiary/aromatic N) is 3. The summed E-state index contributed by atoms with van der Waals surface area (Å²) in [6, 6.07) is 7.95. The van der Waals surface area contributed by atoms with Crippen LogP contribution in [0.5, 0.6) is 5.75 Å². The molecule has 0 radical (unpaired) electrons. The topological polar surface area (TPSA) is 52.0 Å². The van der Waals surface area contributed by atoms with Crippen LogP contribution in [0.1, 0.15) is 19.8 Å². The Kier molecular flexibility index (Phi) is 4.39. The molecule has 1 aromatic carbocycles. The number of rotatable bonds is 6.